The Labute approximate surface area is 137 Å². The second-order valence-corrected chi connectivity index (χ2v) is 7.68. The summed E-state index contributed by atoms with van der Waals surface area (Å²) >= 11 is 0.841. The molecule has 0 saturated carbocycles. The van der Waals surface area contributed by atoms with Crippen LogP contribution in [-0.2, 0) is 27.6 Å². The average Bonchev–Trinajstić information content (AvgIpc) is 3.15. The van der Waals surface area contributed by atoms with Crippen molar-refractivity contribution in [2.24, 2.45) is 0 Å². The molecule has 0 saturated heterocycles. The van der Waals surface area contributed by atoms with Crippen molar-refractivity contribution in [2.75, 3.05) is 11.3 Å². The largest absolute Gasteiger partial charge is 0.461 e. The van der Waals surface area contributed by atoms with Gasteiger partial charge in [-0.05, 0) is 49.4 Å². The summed E-state index contributed by atoms with van der Waals surface area (Å²) in [4.78, 5) is 11.7. The summed E-state index contributed by atoms with van der Waals surface area (Å²) < 4.78 is 32.0. The van der Waals surface area contributed by atoms with Crippen LogP contribution in [0.1, 0.15) is 34.3 Å². The molecule has 1 aliphatic rings. The van der Waals surface area contributed by atoms with Gasteiger partial charge in [0.1, 0.15) is 0 Å². The summed E-state index contributed by atoms with van der Waals surface area (Å²) in [6.45, 7) is 1.89. The fraction of sp³-hybridized carbons (Fsp3) is 0.357. The maximum atomic E-state index is 12.4. The number of hydrogen-bond acceptors (Lipinski definition) is 7. The third kappa shape index (κ3) is 3.35. The summed E-state index contributed by atoms with van der Waals surface area (Å²) in [6.07, 6.45) is 2.93. The van der Waals surface area contributed by atoms with Crippen LogP contribution in [0.25, 0.3) is 0 Å². The molecule has 1 aromatic heterocycles. The molecular formula is C14H15N3O4S2. The first-order valence-corrected chi connectivity index (χ1v) is 9.45. The van der Waals surface area contributed by atoms with Crippen LogP contribution in [0.2, 0.25) is 0 Å². The molecule has 0 fully saturated rings. The predicted octanol–water partition coefficient (Wildman–Crippen LogP) is 2.00. The van der Waals surface area contributed by atoms with Gasteiger partial charge in [-0.2, -0.15) is 0 Å². The lowest BCUT2D eigenvalue weighted by Gasteiger charge is -2.06. The Morgan fingerprint density at radius 2 is 2.09 bits per heavy atom. The fourth-order valence-electron chi connectivity index (χ4n) is 2.43. The first-order valence-electron chi connectivity index (χ1n) is 7.15. The Morgan fingerprint density at radius 1 is 1.30 bits per heavy atom. The molecule has 9 heteroatoms. The van der Waals surface area contributed by atoms with Gasteiger partial charge in [-0.3, -0.25) is 4.72 Å². The van der Waals surface area contributed by atoms with Crippen LogP contribution < -0.4 is 4.72 Å². The highest BCUT2D eigenvalue weighted by Crippen LogP contribution is 2.26. The normalized spacial score (nSPS) is 13.6. The fourth-order valence-corrected chi connectivity index (χ4v) is 4.35. The number of nitrogens with zero attached hydrogens (tertiary/aromatic N) is 2. The maximum absolute atomic E-state index is 12.4. The number of carbonyl (C=O) groups excluding carboxylic acids is 1. The predicted molar refractivity (Wildman–Crippen MR) is 85.1 cm³/mol. The van der Waals surface area contributed by atoms with Crippen LogP contribution in [0.5, 0.6) is 0 Å². The molecule has 0 radical (unpaired) electrons. The second-order valence-electron chi connectivity index (χ2n) is 5.02. The van der Waals surface area contributed by atoms with Crippen LogP contribution in [0, 0.1) is 0 Å². The topological polar surface area (TPSA) is 98.2 Å². The van der Waals surface area contributed by atoms with Gasteiger partial charge in [0.25, 0.3) is 10.0 Å². The van der Waals surface area contributed by atoms with E-state index in [9.17, 15) is 13.2 Å². The molecule has 1 N–H and O–H groups in total. The number of sulfonamides is 1. The van der Waals surface area contributed by atoms with E-state index in [0.29, 0.717) is 0 Å². The molecule has 2 aromatic rings. The number of fused-ring (bicyclic) bond motifs is 1. The average molecular weight is 353 g/mol. The van der Waals surface area contributed by atoms with Gasteiger partial charge in [0, 0.05) is 0 Å². The van der Waals surface area contributed by atoms with Crippen molar-refractivity contribution in [3.63, 3.8) is 0 Å². The minimum Gasteiger partial charge on any atom is -0.461 e. The lowest BCUT2D eigenvalue weighted by atomic mass is 10.1. The molecule has 0 amide bonds. The number of esters is 1. The standard InChI is InChI=1S/C14H15N3O4S2/c1-2-21-13(18)12-15-16-14(22-12)17-23(19,20)11-7-6-9-4-3-5-10(9)8-11/h6-8H,2-5H2,1H3,(H,16,17). The van der Waals surface area contributed by atoms with Crippen LogP contribution in [0.4, 0.5) is 5.13 Å². The van der Waals surface area contributed by atoms with E-state index < -0.39 is 16.0 Å². The van der Waals surface area contributed by atoms with Gasteiger partial charge in [-0.25, -0.2) is 13.2 Å². The van der Waals surface area contributed by atoms with E-state index >= 15 is 0 Å². The van der Waals surface area contributed by atoms with E-state index in [1.807, 2.05) is 6.07 Å². The van der Waals surface area contributed by atoms with Gasteiger partial charge >= 0.3 is 5.97 Å². The van der Waals surface area contributed by atoms with Gasteiger partial charge < -0.3 is 4.74 Å². The molecule has 23 heavy (non-hydrogen) atoms. The molecule has 0 aliphatic heterocycles. The Bertz CT molecular complexity index is 845. The number of rotatable bonds is 5. The quantitative estimate of drug-likeness (QED) is 0.826. The van der Waals surface area contributed by atoms with Gasteiger partial charge in [0.15, 0.2) is 0 Å². The van der Waals surface area contributed by atoms with Crippen molar-refractivity contribution in [1.82, 2.24) is 10.2 Å². The van der Waals surface area contributed by atoms with Crippen LogP contribution in [0.3, 0.4) is 0 Å². The zero-order valence-corrected chi connectivity index (χ0v) is 14.0. The van der Waals surface area contributed by atoms with Crippen molar-refractivity contribution < 1.29 is 17.9 Å². The monoisotopic (exact) mass is 353 g/mol. The van der Waals surface area contributed by atoms with E-state index in [-0.39, 0.29) is 21.6 Å². The number of aryl methyl sites for hydroxylation is 2. The summed E-state index contributed by atoms with van der Waals surface area (Å²) in [5.41, 5.74) is 2.27. The lowest BCUT2D eigenvalue weighted by molar-refractivity contribution is 0.0525. The Kier molecular flexibility index (Phi) is 4.31. The van der Waals surface area contributed by atoms with E-state index in [4.69, 9.17) is 4.74 Å². The molecule has 1 aromatic carbocycles. The number of nitrogens with one attached hydrogen (secondary N) is 1. The third-order valence-corrected chi connectivity index (χ3v) is 5.76. The number of benzene rings is 1. The molecular weight excluding hydrogens is 338 g/mol. The molecule has 0 spiro atoms. The number of ether oxygens (including phenoxy) is 1. The highest BCUT2D eigenvalue weighted by atomic mass is 32.2. The summed E-state index contributed by atoms with van der Waals surface area (Å²) in [7, 11) is -3.75. The zero-order valence-electron chi connectivity index (χ0n) is 12.4. The summed E-state index contributed by atoms with van der Waals surface area (Å²) in [6, 6.07) is 5.12. The first kappa shape index (κ1) is 15.9. The van der Waals surface area contributed by atoms with Crippen LogP contribution in [-0.4, -0.2) is 31.2 Å². The summed E-state index contributed by atoms with van der Waals surface area (Å²) in [5, 5.41) is 7.37. The minimum absolute atomic E-state index is 0.0125. The van der Waals surface area contributed by atoms with Crippen molar-refractivity contribution in [3.05, 3.63) is 34.3 Å². The van der Waals surface area contributed by atoms with E-state index in [0.717, 1.165) is 36.2 Å². The number of aromatic nitrogens is 2. The van der Waals surface area contributed by atoms with Gasteiger partial charge in [0.05, 0.1) is 11.5 Å². The van der Waals surface area contributed by atoms with Crippen LogP contribution in [0.15, 0.2) is 23.1 Å². The zero-order chi connectivity index (χ0) is 16.4. The van der Waals surface area contributed by atoms with E-state index in [1.165, 1.54) is 5.56 Å². The lowest BCUT2D eigenvalue weighted by Crippen LogP contribution is -2.13. The molecule has 122 valence electrons. The number of hydrogen-bond donors (Lipinski definition) is 1. The van der Waals surface area contributed by atoms with E-state index in [2.05, 4.69) is 14.9 Å². The highest BCUT2D eigenvalue weighted by Gasteiger charge is 2.21. The molecule has 3 rings (SSSR count). The smallest absolute Gasteiger partial charge is 0.369 e. The Morgan fingerprint density at radius 3 is 2.87 bits per heavy atom. The van der Waals surface area contributed by atoms with Gasteiger partial charge in [0.2, 0.25) is 10.1 Å². The second kappa shape index (κ2) is 6.25. The summed E-state index contributed by atoms with van der Waals surface area (Å²) in [5.74, 6) is -0.618. The van der Waals surface area contributed by atoms with Crippen molar-refractivity contribution >= 4 is 32.5 Å². The molecule has 0 unspecified atom stereocenters. The Balaban J connectivity index is 1.80. The van der Waals surface area contributed by atoms with Gasteiger partial charge in [-0.1, -0.05) is 17.4 Å². The Hall–Kier alpha value is -2.00. The maximum Gasteiger partial charge on any atom is 0.369 e. The number of carbonyl (C=O) groups is 1. The first-order chi connectivity index (χ1) is 11.0. The molecule has 0 bridgehead atoms. The number of anilines is 1. The van der Waals surface area contributed by atoms with E-state index in [1.54, 1.807) is 19.1 Å². The molecule has 0 atom stereocenters. The molecule has 1 aliphatic carbocycles. The van der Waals surface area contributed by atoms with Gasteiger partial charge in [-0.15, -0.1) is 10.2 Å². The SMILES string of the molecule is CCOC(=O)c1nnc(NS(=O)(=O)c2ccc3c(c2)CCC3)s1. The van der Waals surface area contributed by atoms with Crippen molar-refractivity contribution in [2.45, 2.75) is 31.1 Å². The third-order valence-electron chi connectivity index (χ3n) is 3.48. The molecule has 7 nitrogen and oxygen atoms in total. The van der Waals surface area contributed by atoms with Crippen molar-refractivity contribution in [1.29, 1.82) is 0 Å². The highest BCUT2D eigenvalue weighted by molar-refractivity contribution is 7.93. The van der Waals surface area contributed by atoms with Crippen LogP contribution >= 0.6 is 11.3 Å². The molecule has 1 heterocycles. The minimum atomic E-state index is -3.75. The van der Waals surface area contributed by atoms with Crippen molar-refractivity contribution in [3.8, 4) is 0 Å².